The molecule has 6 heteroatoms. The summed E-state index contributed by atoms with van der Waals surface area (Å²) in [5.41, 5.74) is 0.539. The Balaban J connectivity index is 2.10. The van der Waals surface area contributed by atoms with E-state index in [4.69, 9.17) is 4.74 Å². The third kappa shape index (κ3) is 3.90. The summed E-state index contributed by atoms with van der Waals surface area (Å²) in [6.07, 6.45) is 1.60. The number of halogens is 2. The number of rotatable bonds is 7. The van der Waals surface area contributed by atoms with Crippen molar-refractivity contribution in [3.8, 4) is 0 Å². The summed E-state index contributed by atoms with van der Waals surface area (Å²) in [6.45, 7) is 2.06. The van der Waals surface area contributed by atoms with E-state index in [1.807, 2.05) is 0 Å². The molecule has 1 aliphatic rings. The van der Waals surface area contributed by atoms with Crippen molar-refractivity contribution in [2.24, 2.45) is 0 Å². The topological polar surface area (TPSA) is 44.7 Å². The van der Waals surface area contributed by atoms with Crippen molar-refractivity contribution in [3.63, 3.8) is 0 Å². The van der Waals surface area contributed by atoms with Gasteiger partial charge in [0, 0.05) is 26.7 Å². The molecule has 1 unspecified atom stereocenters. The normalized spacial score (nSPS) is 18.5. The minimum absolute atomic E-state index is 0.0211. The van der Waals surface area contributed by atoms with Crippen LogP contribution in [0.15, 0.2) is 12.1 Å². The fourth-order valence-corrected chi connectivity index (χ4v) is 2.72. The molecule has 0 radical (unpaired) electrons. The molecule has 1 heterocycles. The van der Waals surface area contributed by atoms with Crippen LogP contribution in [-0.4, -0.2) is 44.6 Å². The number of aliphatic hydroxyl groups is 1. The lowest BCUT2D eigenvalue weighted by Crippen LogP contribution is -2.33. The largest absolute Gasteiger partial charge is 0.394 e. The fraction of sp³-hybridized carbons (Fsp3) is 0.600. The van der Waals surface area contributed by atoms with E-state index in [-0.39, 0.29) is 18.3 Å². The first kappa shape index (κ1) is 16.1. The van der Waals surface area contributed by atoms with E-state index in [2.05, 4.69) is 5.32 Å². The molecule has 0 amide bonds. The lowest BCUT2D eigenvalue weighted by molar-refractivity contribution is 0.199. The predicted molar refractivity (Wildman–Crippen MR) is 77.4 cm³/mol. The Morgan fingerprint density at radius 1 is 1.38 bits per heavy atom. The van der Waals surface area contributed by atoms with Crippen molar-refractivity contribution < 1.29 is 18.6 Å². The molecule has 118 valence electrons. The lowest BCUT2D eigenvalue weighted by atomic mass is 10.1. The number of anilines is 1. The first-order valence-corrected chi connectivity index (χ1v) is 7.22. The quantitative estimate of drug-likeness (QED) is 0.752. The van der Waals surface area contributed by atoms with Crippen molar-refractivity contribution in [2.75, 3.05) is 38.3 Å². The van der Waals surface area contributed by atoms with Gasteiger partial charge in [-0.05, 0) is 30.5 Å². The lowest BCUT2D eigenvalue weighted by Gasteiger charge is -2.26. The molecule has 1 aromatic rings. The number of aliphatic hydroxyl groups excluding tert-OH is 1. The van der Waals surface area contributed by atoms with Gasteiger partial charge in [-0.3, -0.25) is 0 Å². The molecular formula is C15H22F2N2O2. The number of hydrogen-bond acceptors (Lipinski definition) is 4. The van der Waals surface area contributed by atoms with Gasteiger partial charge in [-0.2, -0.15) is 0 Å². The number of benzene rings is 1. The van der Waals surface area contributed by atoms with Gasteiger partial charge in [-0.25, -0.2) is 8.78 Å². The summed E-state index contributed by atoms with van der Waals surface area (Å²) >= 11 is 0. The maximum atomic E-state index is 14.2. The standard InChI is InChI=1S/C15H22F2N2O2/c1-21-6-4-18-9-11-7-13(16)15(14(17)8-11)19-5-2-3-12(19)10-20/h7-8,12,18,20H,2-6,9-10H2,1H3. The Morgan fingerprint density at radius 2 is 2.10 bits per heavy atom. The second-order valence-electron chi connectivity index (χ2n) is 5.25. The smallest absolute Gasteiger partial charge is 0.149 e. The number of hydrogen-bond donors (Lipinski definition) is 2. The van der Waals surface area contributed by atoms with E-state index in [1.165, 1.54) is 12.1 Å². The molecule has 0 spiro atoms. The minimum Gasteiger partial charge on any atom is -0.394 e. The molecule has 1 saturated heterocycles. The number of nitrogens with zero attached hydrogens (tertiary/aromatic N) is 1. The second kappa shape index (κ2) is 7.68. The average molecular weight is 300 g/mol. The molecule has 0 aliphatic carbocycles. The van der Waals surface area contributed by atoms with Crippen LogP contribution in [0.4, 0.5) is 14.5 Å². The zero-order valence-corrected chi connectivity index (χ0v) is 12.2. The summed E-state index contributed by atoms with van der Waals surface area (Å²) in [5, 5.41) is 12.3. The predicted octanol–water partition coefficient (Wildman–Crippen LogP) is 1.66. The van der Waals surface area contributed by atoms with E-state index in [9.17, 15) is 13.9 Å². The van der Waals surface area contributed by atoms with Crippen molar-refractivity contribution in [1.82, 2.24) is 5.32 Å². The molecule has 2 N–H and O–H groups in total. The summed E-state index contributed by atoms with van der Waals surface area (Å²) in [6, 6.07) is 2.51. The zero-order chi connectivity index (χ0) is 15.2. The molecule has 0 bridgehead atoms. The van der Waals surface area contributed by atoms with Crippen molar-refractivity contribution in [2.45, 2.75) is 25.4 Å². The number of ether oxygens (including phenoxy) is 1. The van der Waals surface area contributed by atoms with Crippen LogP contribution in [0.3, 0.4) is 0 Å². The second-order valence-corrected chi connectivity index (χ2v) is 5.25. The molecule has 21 heavy (non-hydrogen) atoms. The highest BCUT2D eigenvalue weighted by molar-refractivity contribution is 5.52. The van der Waals surface area contributed by atoms with Gasteiger partial charge < -0.3 is 20.1 Å². The van der Waals surface area contributed by atoms with Crippen molar-refractivity contribution in [1.29, 1.82) is 0 Å². The molecule has 4 nitrogen and oxygen atoms in total. The Morgan fingerprint density at radius 3 is 2.71 bits per heavy atom. The van der Waals surface area contributed by atoms with Gasteiger partial charge in [0.05, 0.1) is 19.3 Å². The van der Waals surface area contributed by atoms with E-state index in [1.54, 1.807) is 12.0 Å². The molecule has 1 fully saturated rings. The molecule has 0 aromatic heterocycles. The third-order valence-electron chi connectivity index (χ3n) is 3.76. The SMILES string of the molecule is COCCNCc1cc(F)c(N2CCCC2CO)c(F)c1. The number of methoxy groups -OCH3 is 1. The fourth-order valence-electron chi connectivity index (χ4n) is 2.72. The van der Waals surface area contributed by atoms with Crippen LogP contribution >= 0.6 is 0 Å². The Bertz CT molecular complexity index is 448. The van der Waals surface area contributed by atoms with Crippen LogP contribution < -0.4 is 10.2 Å². The Hall–Kier alpha value is -1.24. The highest BCUT2D eigenvalue weighted by Crippen LogP contribution is 2.31. The van der Waals surface area contributed by atoms with Crippen LogP contribution in [0.5, 0.6) is 0 Å². The molecule has 1 aliphatic heterocycles. The van der Waals surface area contributed by atoms with Gasteiger partial charge in [0.2, 0.25) is 0 Å². The number of nitrogens with one attached hydrogen (secondary N) is 1. The van der Waals surface area contributed by atoms with Crippen molar-refractivity contribution in [3.05, 3.63) is 29.3 Å². The minimum atomic E-state index is -0.570. The maximum Gasteiger partial charge on any atom is 0.149 e. The molecule has 1 atom stereocenters. The van der Waals surface area contributed by atoms with E-state index < -0.39 is 11.6 Å². The summed E-state index contributed by atoms with van der Waals surface area (Å²) in [7, 11) is 1.60. The van der Waals surface area contributed by atoms with E-state index >= 15 is 0 Å². The molecule has 0 saturated carbocycles. The van der Waals surface area contributed by atoms with Crippen LogP contribution in [0.1, 0.15) is 18.4 Å². The van der Waals surface area contributed by atoms with Crippen LogP contribution in [-0.2, 0) is 11.3 Å². The molecular weight excluding hydrogens is 278 g/mol. The van der Waals surface area contributed by atoms with Crippen LogP contribution in [0.2, 0.25) is 0 Å². The summed E-state index contributed by atoms with van der Waals surface area (Å²) in [4.78, 5) is 1.63. The van der Waals surface area contributed by atoms with Gasteiger partial charge in [-0.15, -0.1) is 0 Å². The summed E-state index contributed by atoms with van der Waals surface area (Å²) in [5.74, 6) is -1.14. The van der Waals surface area contributed by atoms with Gasteiger partial charge in [0.1, 0.15) is 17.3 Å². The summed E-state index contributed by atoms with van der Waals surface area (Å²) < 4.78 is 33.4. The van der Waals surface area contributed by atoms with Gasteiger partial charge >= 0.3 is 0 Å². The van der Waals surface area contributed by atoms with Crippen LogP contribution in [0, 0.1) is 11.6 Å². The van der Waals surface area contributed by atoms with E-state index in [0.717, 1.165) is 12.8 Å². The Labute approximate surface area is 123 Å². The zero-order valence-electron chi connectivity index (χ0n) is 12.2. The highest BCUT2D eigenvalue weighted by atomic mass is 19.1. The third-order valence-corrected chi connectivity index (χ3v) is 3.76. The van der Waals surface area contributed by atoms with Crippen molar-refractivity contribution >= 4 is 5.69 Å². The molecule has 1 aromatic carbocycles. The molecule has 2 rings (SSSR count). The Kier molecular flexibility index (Phi) is 5.90. The highest BCUT2D eigenvalue weighted by Gasteiger charge is 2.28. The van der Waals surface area contributed by atoms with Crippen LogP contribution in [0.25, 0.3) is 0 Å². The van der Waals surface area contributed by atoms with Gasteiger partial charge in [0.15, 0.2) is 0 Å². The van der Waals surface area contributed by atoms with Gasteiger partial charge in [0.25, 0.3) is 0 Å². The van der Waals surface area contributed by atoms with E-state index in [0.29, 0.717) is 31.8 Å². The average Bonchev–Trinajstić information content (AvgIpc) is 2.91. The first-order valence-electron chi connectivity index (χ1n) is 7.22. The van der Waals surface area contributed by atoms with Gasteiger partial charge in [-0.1, -0.05) is 0 Å². The monoisotopic (exact) mass is 300 g/mol. The first-order chi connectivity index (χ1) is 10.2. The maximum absolute atomic E-state index is 14.2.